The molecule has 6 heteroatoms. The van der Waals surface area contributed by atoms with E-state index in [0.717, 1.165) is 54.1 Å². The molecule has 0 bridgehead atoms. The SMILES string of the molecule is Cc1cnn(C)c1-c1ccc(CC2CC3(CCN(CC4CCOCC4)CC3)C2)nn1. The highest BCUT2D eigenvalue weighted by molar-refractivity contribution is 5.57. The number of aryl methyl sites for hydroxylation is 2. The van der Waals surface area contributed by atoms with Crippen LogP contribution in [0, 0.1) is 24.2 Å². The van der Waals surface area contributed by atoms with Crippen LogP contribution in [-0.4, -0.2) is 57.7 Å². The second-order valence-corrected chi connectivity index (χ2v) is 10.0. The summed E-state index contributed by atoms with van der Waals surface area (Å²) in [6.07, 6.45) is 11.0. The molecule has 6 nitrogen and oxygen atoms in total. The number of aromatic nitrogens is 4. The lowest BCUT2D eigenvalue weighted by Crippen LogP contribution is -2.48. The Balaban J connectivity index is 1.09. The van der Waals surface area contributed by atoms with E-state index in [1.807, 2.05) is 17.9 Å². The summed E-state index contributed by atoms with van der Waals surface area (Å²) >= 11 is 0. The van der Waals surface area contributed by atoms with Crippen molar-refractivity contribution in [3.8, 4) is 11.4 Å². The third-order valence-corrected chi connectivity index (χ3v) is 7.80. The van der Waals surface area contributed by atoms with E-state index in [1.54, 1.807) is 0 Å². The van der Waals surface area contributed by atoms with Gasteiger partial charge in [0.25, 0.3) is 0 Å². The Hall–Kier alpha value is -1.79. The number of hydrogen-bond donors (Lipinski definition) is 0. The Labute approximate surface area is 180 Å². The summed E-state index contributed by atoms with van der Waals surface area (Å²) in [6, 6.07) is 4.27. The van der Waals surface area contributed by atoms with E-state index >= 15 is 0 Å². The van der Waals surface area contributed by atoms with Crippen molar-refractivity contribution in [3.05, 3.63) is 29.6 Å². The Bertz CT molecular complexity index is 819. The third kappa shape index (κ3) is 4.17. The van der Waals surface area contributed by atoms with Gasteiger partial charge in [-0.15, -0.1) is 5.10 Å². The molecule has 0 N–H and O–H groups in total. The Morgan fingerprint density at radius 2 is 1.83 bits per heavy atom. The van der Waals surface area contributed by atoms with Crippen molar-refractivity contribution in [2.75, 3.05) is 32.8 Å². The summed E-state index contributed by atoms with van der Waals surface area (Å²) < 4.78 is 7.39. The smallest absolute Gasteiger partial charge is 0.111 e. The number of hydrogen-bond acceptors (Lipinski definition) is 5. The Morgan fingerprint density at radius 1 is 1.07 bits per heavy atom. The minimum atomic E-state index is 0.621. The van der Waals surface area contributed by atoms with Crippen LogP contribution < -0.4 is 0 Å². The first-order valence-electron chi connectivity index (χ1n) is 11.7. The van der Waals surface area contributed by atoms with E-state index in [2.05, 4.69) is 39.3 Å². The first-order valence-corrected chi connectivity index (χ1v) is 11.7. The van der Waals surface area contributed by atoms with Gasteiger partial charge in [0.1, 0.15) is 5.69 Å². The number of nitrogens with zero attached hydrogens (tertiary/aromatic N) is 5. The van der Waals surface area contributed by atoms with Gasteiger partial charge in [0.15, 0.2) is 0 Å². The summed E-state index contributed by atoms with van der Waals surface area (Å²) in [5, 5.41) is 13.3. The maximum absolute atomic E-state index is 5.51. The molecule has 5 rings (SSSR count). The molecule has 0 unspecified atom stereocenters. The molecule has 2 aliphatic heterocycles. The number of piperidine rings is 1. The molecule has 30 heavy (non-hydrogen) atoms. The number of likely N-dealkylation sites (tertiary alicyclic amines) is 1. The summed E-state index contributed by atoms with van der Waals surface area (Å²) in [4.78, 5) is 2.72. The maximum atomic E-state index is 5.51. The van der Waals surface area contributed by atoms with Gasteiger partial charge in [0, 0.05) is 26.8 Å². The highest BCUT2D eigenvalue weighted by Gasteiger charge is 2.45. The summed E-state index contributed by atoms with van der Waals surface area (Å²) in [6.45, 7) is 7.89. The summed E-state index contributed by atoms with van der Waals surface area (Å²) in [7, 11) is 1.96. The minimum absolute atomic E-state index is 0.621. The zero-order valence-corrected chi connectivity index (χ0v) is 18.5. The molecule has 162 valence electrons. The Morgan fingerprint density at radius 3 is 2.47 bits per heavy atom. The third-order valence-electron chi connectivity index (χ3n) is 7.80. The number of rotatable bonds is 5. The average Bonchev–Trinajstić information content (AvgIpc) is 3.08. The molecule has 1 aliphatic carbocycles. The molecule has 1 saturated carbocycles. The van der Waals surface area contributed by atoms with Gasteiger partial charge in [0.2, 0.25) is 0 Å². The molecule has 2 saturated heterocycles. The fraction of sp³-hybridized carbons (Fsp3) is 0.708. The summed E-state index contributed by atoms with van der Waals surface area (Å²) in [5.41, 5.74) is 4.87. The molecule has 3 fully saturated rings. The zero-order chi connectivity index (χ0) is 20.6. The van der Waals surface area contributed by atoms with Crippen LogP contribution in [0.2, 0.25) is 0 Å². The van der Waals surface area contributed by atoms with Crippen molar-refractivity contribution in [2.24, 2.45) is 24.3 Å². The molecule has 0 atom stereocenters. The molecule has 2 aromatic rings. The predicted molar refractivity (Wildman–Crippen MR) is 117 cm³/mol. The monoisotopic (exact) mass is 409 g/mol. The van der Waals surface area contributed by atoms with Gasteiger partial charge in [-0.05, 0) is 99.9 Å². The molecular formula is C24H35N5O. The zero-order valence-electron chi connectivity index (χ0n) is 18.5. The minimum Gasteiger partial charge on any atom is -0.381 e. The summed E-state index contributed by atoms with van der Waals surface area (Å²) in [5.74, 6) is 1.64. The Kier molecular flexibility index (Phi) is 5.63. The quantitative estimate of drug-likeness (QED) is 0.755. The van der Waals surface area contributed by atoms with Gasteiger partial charge < -0.3 is 9.64 Å². The first-order chi connectivity index (χ1) is 14.6. The van der Waals surface area contributed by atoms with Gasteiger partial charge in [-0.1, -0.05) is 0 Å². The molecule has 2 aromatic heterocycles. The van der Waals surface area contributed by atoms with Crippen molar-refractivity contribution in [1.29, 1.82) is 0 Å². The molecule has 4 heterocycles. The molecule has 1 spiro atoms. The van der Waals surface area contributed by atoms with Crippen LogP contribution in [0.1, 0.15) is 49.8 Å². The molecular weight excluding hydrogens is 374 g/mol. The fourth-order valence-electron chi connectivity index (χ4n) is 6.03. The molecule has 0 radical (unpaired) electrons. The fourth-order valence-corrected chi connectivity index (χ4v) is 6.03. The predicted octanol–water partition coefficient (Wildman–Crippen LogP) is 3.65. The van der Waals surface area contributed by atoms with E-state index < -0.39 is 0 Å². The molecule has 0 aromatic carbocycles. The van der Waals surface area contributed by atoms with Crippen molar-refractivity contribution in [1.82, 2.24) is 24.9 Å². The van der Waals surface area contributed by atoms with Crippen molar-refractivity contribution in [3.63, 3.8) is 0 Å². The second kappa shape index (κ2) is 8.39. The van der Waals surface area contributed by atoms with Crippen LogP contribution in [0.3, 0.4) is 0 Å². The van der Waals surface area contributed by atoms with Crippen LogP contribution >= 0.6 is 0 Å². The van der Waals surface area contributed by atoms with Gasteiger partial charge in [-0.3, -0.25) is 4.68 Å². The molecule has 3 aliphatic rings. The average molecular weight is 410 g/mol. The van der Waals surface area contributed by atoms with Crippen LogP contribution in [0.15, 0.2) is 18.3 Å². The maximum Gasteiger partial charge on any atom is 0.111 e. The van der Waals surface area contributed by atoms with Gasteiger partial charge in [-0.25, -0.2) is 0 Å². The van der Waals surface area contributed by atoms with Crippen molar-refractivity contribution < 1.29 is 4.74 Å². The standard InChI is InChI=1S/C24H35N5O/c1-18-16-25-28(2)23(18)22-4-3-21(26-27-22)13-20-14-24(15-20)7-9-29(10-8-24)17-19-5-11-30-12-6-19/h3-4,16,19-20H,5-15,17H2,1-2H3. The second-order valence-electron chi connectivity index (χ2n) is 10.0. The lowest BCUT2D eigenvalue weighted by atomic mass is 9.56. The van der Waals surface area contributed by atoms with E-state index in [9.17, 15) is 0 Å². The normalized spacial score (nSPS) is 23.0. The lowest BCUT2D eigenvalue weighted by molar-refractivity contribution is -0.0227. The number of ether oxygens (including phenoxy) is 1. The highest BCUT2D eigenvalue weighted by Crippen LogP contribution is 2.53. The van der Waals surface area contributed by atoms with Gasteiger partial charge >= 0.3 is 0 Å². The van der Waals surface area contributed by atoms with E-state index in [4.69, 9.17) is 4.74 Å². The highest BCUT2D eigenvalue weighted by atomic mass is 16.5. The van der Waals surface area contributed by atoms with Crippen LogP contribution in [-0.2, 0) is 18.2 Å². The largest absolute Gasteiger partial charge is 0.381 e. The van der Waals surface area contributed by atoms with Gasteiger partial charge in [0.05, 0.1) is 17.6 Å². The van der Waals surface area contributed by atoms with E-state index in [1.165, 1.54) is 58.2 Å². The van der Waals surface area contributed by atoms with E-state index in [-0.39, 0.29) is 0 Å². The van der Waals surface area contributed by atoms with Crippen molar-refractivity contribution >= 4 is 0 Å². The first kappa shape index (κ1) is 20.1. The van der Waals surface area contributed by atoms with Gasteiger partial charge in [-0.2, -0.15) is 10.2 Å². The van der Waals surface area contributed by atoms with Crippen molar-refractivity contribution in [2.45, 2.75) is 51.9 Å². The van der Waals surface area contributed by atoms with E-state index in [0.29, 0.717) is 5.41 Å². The van der Waals surface area contributed by atoms with Crippen LogP contribution in [0.4, 0.5) is 0 Å². The van der Waals surface area contributed by atoms with Crippen LogP contribution in [0.25, 0.3) is 11.4 Å². The molecule has 0 amide bonds. The lowest BCUT2D eigenvalue weighted by Gasteiger charge is -2.53. The van der Waals surface area contributed by atoms with Crippen LogP contribution in [0.5, 0.6) is 0 Å². The topological polar surface area (TPSA) is 56.1 Å².